The highest BCUT2D eigenvalue weighted by molar-refractivity contribution is 5.89. The molecule has 0 aliphatic carbocycles. The number of hydrogen-bond donors (Lipinski definition) is 2. The molecule has 1 atom stereocenters. The van der Waals surface area contributed by atoms with Crippen LogP contribution in [0.1, 0.15) is 6.42 Å². The van der Waals surface area contributed by atoms with Crippen molar-refractivity contribution in [3.63, 3.8) is 0 Å². The van der Waals surface area contributed by atoms with Crippen LogP contribution in [-0.2, 0) is 14.3 Å². The van der Waals surface area contributed by atoms with E-state index in [9.17, 15) is 22.8 Å². The standard InChI is InChI=1S/C9H13F3N2O4/c10-9(11,12)4-14(3-6(15)16)7(17)8(13)1-2-18-5-8/h1-5,13H2,(H,15,16). The van der Waals surface area contributed by atoms with E-state index in [0.717, 1.165) is 0 Å². The van der Waals surface area contributed by atoms with Crippen LogP contribution in [0, 0.1) is 0 Å². The second-order valence-corrected chi connectivity index (χ2v) is 4.13. The first-order chi connectivity index (χ1) is 8.14. The van der Waals surface area contributed by atoms with Crippen LogP contribution in [0.4, 0.5) is 13.2 Å². The topological polar surface area (TPSA) is 92.9 Å². The van der Waals surface area contributed by atoms with Crippen molar-refractivity contribution in [2.45, 2.75) is 18.1 Å². The van der Waals surface area contributed by atoms with Gasteiger partial charge < -0.3 is 20.5 Å². The molecule has 9 heteroatoms. The maximum atomic E-state index is 12.3. The van der Waals surface area contributed by atoms with Gasteiger partial charge in [0.05, 0.1) is 6.61 Å². The Bertz CT molecular complexity index is 339. The second-order valence-electron chi connectivity index (χ2n) is 4.13. The number of carbonyl (C=O) groups excluding carboxylic acids is 1. The summed E-state index contributed by atoms with van der Waals surface area (Å²) in [6.07, 6.45) is -4.61. The van der Waals surface area contributed by atoms with Crippen molar-refractivity contribution < 1.29 is 32.6 Å². The van der Waals surface area contributed by atoms with Gasteiger partial charge in [0.1, 0.15) is 18.6 Å². The zero-order chi connectivity index (χ0) is 14.0. The van der Waals surface area contributed by atoms with Crippen LogP contribution in [0.5, 0.6) is 0 Å². The van der Waals surface area contributed by atoms with Gasteiger partial charge in [-0.15, -0.1) is 0 Å². The van der Waals surface area contributed by atoms with Crippen LogP contribution >= 0.6 is 0 Å². The van der Waals surface area contributed by atoms with Crippen molar-refractivity contribution in [2.75, 3.05) is 26.3 Å². The van der Waals surface area contributed by atoms with Gasteiger partial charge in [0.2, 0.25) is 5.91 Å². The summed E-state index contributed by atoms with van der Waals surface area (Å²) in [5.74, 6) is -2.59. The lowest BCUT2D eigenvalue weighted by atomic mass is 9.98. The summed E-state index contributed by atoms with van der Waals surface area (Å²) in [4.78, 5) is 22.5. The van der Waals surface area contributed by atoms with E-state index >= 15 is 0 Å². The molecule has 0 saturated carbocycles. The van der Waals surface area contributed by atoms with Gasteiger partial charge in [-0.3, -0.25) is 9.59 Å². The van der Waals surface area contributed by atoms with Crippen molar-refractivity contribution in [3.05, 3.63) is 0 Å². The molecule has 0 bridgehead atoms. The minimum atomic E-state index is -4.68. The minimum absolute atomic E-state index is 0.0693. The Morgan fingerprint density at radius 3 is 2.44 bits per heavy atom. The summed E-state index contributed by atoms with van der Waals surface area (Å²) in [5.41, 5.74) is 4.05. The minimum Gasteiger partial charge on any atom is -0.480 e. The molecule has 0 aromatic heterocycles. The maximum Gasteiger partial charge on any atom is 0.406 e. The Morgan fingerprint density at radius 2 is 2.06 bits per heavy atom. The zero-order valence-electron chi connectivity index (χ0n) is 9.37. The third-order valence-corrected chi connectivity index (χ3v) is 2.46. The molecule has 1 aliphatic rings. The summed E-state index contributed by atoms with van der Waals surface area (Å²) in [6, 6.07) is 0. The number of ether oxygens (including phenoxy) is 1. The maximum absolute atomic E-state index is 12.3. The summed E-state index contributed by atoms with van der Waals surface area (Å²) in [5, 5.41) is 8.52. The van der Waals surface area contributed by atoms with Crippen LogP contribution in [0.2, 0.25) is 0 Å². The van der Waals surface area contributed by atoms with E-state index in [1.807, 2.05) is 0 Å². The van der Waals surface area contributed by atoms with Crippen molar-refractivity contribution >= 4 is 11.9 Å². The summed E-state index contributed by atoms with van der Waals surface area (Å²) < 4.78 is 41.7. The van der Waals surface area contributed by atoms with Gasteiger partial charge in [-0.2, -0.15) is 13.2 Å². The van der Waals surface area contributed by atoms with Crippen LogP contribution in [-0.4, -0.2) is 59.9 Å². The van der Waals surface area contributed by atoms with E-state index in [0.29, 0.717) is 0 Å². The molecule has 1 unspecified atom stereocenters. The predicted molar refractivity (Wildman–Crippen MR) is 52.6 cm³/mol. The molecule has 3 N–H and O–H groups in total. The third-order valence-electron chi connectivity index (χ3n) is 2.46. The normalized spacial score (nSPS) is 24.0. The van der Waals surface area contributed by atoms with E-state index in [1.54, 1.807) is 0 Å². The van der Waals surface area contributed by atoms with Crippen molar-refractivity contribution in [3.8, 4) is 0 Å². The molecule has 0 spiro atoms. The molecule has 18 heavy (non-hydrogen) atoms. The van der Waals surface area contributed by atoms with E-state index in [1.165, 1.54) is 0 Å². The number of aliphatic carboxylic acids is 1. The molecule has 0 aromatic carbocycles. The smallest absolute Gasteiger partial charge is 0.406 e. The van der Waals surface area contributed by atoms with E-state index in [-0.39, 0.29) is 24.5 Å². The number of nitrogens with zero attached hydrogens (tertiary/aromatic N) is 1. The second kappa shape index (κ2) is 5.11. The zero-order valence-corrected chi connectivity index (χ0v) is 9.37. The molecule has 1 saturated heterocycles. The van der Waals surface area contributed by atoms with Gasteiger partial charge in [0, 0.05) is 6.61 Å². The SMILES string of the molecule is NC1(C(=O)N(CC(=O)O)CC(F)(F)F)CCOC1. The van der Waals surface area contributed by atoms with E-state index < -0.39 is 36.7 Å². The van der Waals surface area contributed by atoms with Gasteiger partial charge in [-0.25, -0.2) is 0 Å². The molecular weight excluding hydrogens is 257 g/mol. The average molecular weight is 270 g/mol. The monoisotopic (exact) mass is 270 g/mol. The van der Waals surface area contributed by atoms with E-state index in [2.05, 4.69) is 0 Å². The molecule has 0 aromatic rings. The fourth-order valence-electron chi connectivity index (χ4n) is 1.64. The summed E-state index contributed by atoms with van der Waals surface area (Å²) in [6.45, 7) is -2.73. The fourth-order valence-corrected chi connectivity index (χ4v) is 1.64. The van der Waals surface area contributed by atoms with E-state index in [4.69, 9.17) is 15.6 Å². The molecule has 1 amide bonds. The van der Waals surface area contributed by atoms with Gasteiger partial charge in [0.25, 0.3) is 0 Å². The molecule has 104 valence electrons. The Balaban J connectivity index is 2.81. The Morgan fingerprint density at radius 1 is 1.44 bits per heavy atom. The number of rotatable bonds is 4. The van der Waals surface area contributed by atoms with Crippen molar-refractivity contribution in [1.29, 1.82) is 0 Å². The highest BCUT2D eigenvalue weighted by Crippen LogP contribution is 2.22. The van der Waals surface area contributed by atoms with Crippen LogP contribution in [0.25, 0.3) is 0 Å². The number of alkyl halides is 3. The number of hydrogen-bond acceptors (Lipinski definition) is 4. The Hall–Kier alpha value is -1.35. The number of nitrogens with two attached hydrogens (primary N) is 1. The molecule has 1 fully saturated rings. The molecule has 1 rings (SSSR count). The first kappa shape index (κ1) is 14.7. The number of carboxylic acid groups (broad SMARTS) is 1. The quantitative estimate of drug-likeness (QED) is 0.723. The first-order valence-corrected chi connectivity index (χ1v) is 5.09. The Kier molecular flexibility index (Phi) is 4.17. The van der Waals surface area contributed by atoms with Gasteiger partial charge in [0.15, 0.2) is 0 Å². The number of amides is 1. The lowest BCUT2D eigenvalue weighted by Crippen LogP contribution is -2.58. The molecular formula is C9H13F3N2O4. The molecule has 1 aliphatic heterocycles. The highest BCUT2D eigenvalue weighted by atomic mass is 19.4. The van der Waals surface area contributed by atoms with Gasteiger partial charge >= 0.3 is 12.1 Å². The molecule has 1 heterocycles. The molecule has 6 nitrogen and oxygen atoms in total. The third kappa shape index (κ3) is 3.84. The summed E-state index contributed by atoms with van der Waals surface area (Å²) >= 11 is 0. The fraction of sp³-hybridized carbons (Fsp3) is 0.778. The Labute approximate surface area is 100 Å². The van der Waals surface area contributed by atoms with Gasteiger partial charge in [-0.1, -0.05) is 0 Å². The number of carbonyl (C=O) groups is 2. The van der Waals surface area contributed by atoms with Crippen LogP contribution in [0.3, 0.4) is 0 Å². The molecule has 0 radical (unpaired) electrons. The van der Waals surface area contributed by atoms with Crippen LogP contribution in [0.15, 0.2) is 0 Å². The number of halogens is 3. The lowest BCUT2D eigenvalue weighted by molar-refractivity contribution is -0.168. The van der Waals surface area contributed by atoms with Crippen molar-refractivity contribution in [1.82, 2.24) is 4.90 Å². The summed E-state index contributed by atoms with van der Waals surface area (Å²) in [7, 11) is 0. The first-order valence-electron chi connectivity index (χ1n) is 5.09. The van der Waals surface area contributed by atoms with Crippen LogP contribution < -0.4 is 5.73 Å². The largest absolute Gasteiger partial charge is 0.480 e. The average Bonchev–Trinajstić information content (AvgIpc) is 2.61. The number of carboxylic acids is 1. The predicted octanol–water partition coefficient (Wildman–Crippen LogP) is -0.420. The van der Waals surface area contributed by atoms with Crippen molar-refractivity contribution in [2.24, 2.45) is 5.73 Å². The van der Waals surface area contributed by atoms with Gasteiger partial charge in [-0.05, 0) is 6.42 Å². The highest BCUT2D eigenvalue weighted by Gasteiger charge is 2.44. The lowest BCUT2D eigenvalue weighted by Gasteiger charge is -2.29.